The molecule has 0 unspecified atom stereocenters. The van der Waals surface area contributed by atoms with Crippen molar-refractivity contribution in [3.8, 4) is 5.75 Å². The Morgan fingerprint density at radius 3 is 2.59 bits per heavy atom. The number of ether oxygens (including phenoxy) is 2. The monoisotopic (exact) mass is 362 g/mol. The van der Waals surface area contributed by atoms with E-state index >= 15 is 0 Å². The van der Waals surface area contributed by atoms with Gasteiger partial charge in [-0.3, -0.25) is 0 Å². The van der Waals surface area contributed by atoms with Crippen LogP contribution in [0.2, 0.25) is 0 Å². The topological polar surface area (TPSA) is 70.4 Å². The van der Waals surface area contributed by atoms with Crippen LogP contribution in [0.15, 0.2) is 67.1 Å². The first kappa shape index (κ1) is 17.0. The molecule has 0 N–H and O–H groups in total. The quantitative estimate of drug-likeness (QED) is 0.525. The third-order valence-corrected chi connectivity index (χ3v) is 4.60. The van der Waals surface area contributed by atoms with Crippen molar-refractivity contribution in [2.45, 2.75) is 25.5 Å². The van der Waals surface area contributed by atoms with E-state index in [1.54, 1.807) is 47.3 Å². The first-order valence-corrected chi connectivity index (χ1v) is 8.59. The van der Waals surface area contributed by atoms with Crippen molar-refractivity contribution in [3.63, 3.8) is 0 Å². The maximum Gasteiger partial charge on any atom is 0.362 e. The number of hydrogen-bond acceptors (Lipinski definition) is 5. The molecule has 0 spiro atoms. The van der Waals surface area contributed by atoms with E-state index < -0.39 is 17.6 Å². The van der Waals surface area contributed by atoms with E-state index in [4.69, 9.17) is 9.47 Å². The molecule has 1 aliphatic heterocycles. The molecule has 4 rings (SSSR count). The molecule has 1 aromatic heterocycles. The summed E-state index contributed by atoms with van der Waals surface area (Å²) in [6.07, 6.45) is 3.02. The van der Waals surface area contributed by atoms with Crippen LogP contribution in [0.25, 0.3) is 0 Å². The second-order valence-corrected chi connectivity index (χ2v) is 6.87. The van der Waals surface area contributed by atoms with Gasteiger partial charge in [0.1, 0.15) is 23.1 Å². The summed E-state index contributed by atoms with van der Waals surface area (Å²) in [6, 6.07) is 15.7. The van der Waals surface area contributed by atoms with Crippen molar-refractivity contribution in [2.24, 2.45) is 0 Å². The van der Waals surface area contributed by atoms with Crippen LogP contribution < -0.4 is 4.74 Å². The van der Waals surface area contributed by atoms with Crippen LogP contribution in [0.4, 0.5) is 0 Å². The van der Waals surface area contributed by atoms with Crippen LogP contribution in [0.5, 0.6) is 5.75 Å². The van der Waals surface area contributed by atoms with Gasteiger partial charge in [0.25, 0.3) is 0 Å². The zero-order valence-corrected chi connectivity index (χ0v) is 15.0. The first-order chi connectivity index (χ1) is 13.0. The number of benzene rings is 2. The minimum absolute atomic E-state index is 0.282. The molecule has 3 aromatic rings. The van der Waals surface area contributed by atoms with Crippen LogP contribution >= 0.6 is 0 Å². The summed E-state index contributed by atoms with van der Waals surface area (Å²) in [5.41, 5.74) is 0.682. The minimum Gasteiger partial charge on any atom is -0.453 e. The lowest BCUT2D eigenvalue weighted by molar-refractivity contribution is -0.0264. The molecule has 1 atom stereocenters. The summed E-state index contributed by atoms with van der Waals surface area (Å²) in [6.45, 7) is 3.63. The van der Waals surface area contributed by atoms with Gasteiger partial charge in [-0.1, -0.05) is 36.4 Å². The number of fused-ring (bicyclic) bond motifs is 1. The predicted octanol–water partition coefficient (Wildman–Crippen LogP) is 3.64. The Morgan fingerprint density at radius 1 is 1.11 bits per heavy atom. The zero-order valence-electron chi connectivity index (χ0n) is 15.0. The molecule has 0 saturated heterocycles. The number of cyclic esters (lactones) is 1. The summed E-state index contributed by atoms with van der Waals surface area (Å²) < 4.78 is 12.8. The molecule has 0 radical (unpaired) electrons. The molecule has 0 amide bonds. The van der Waals surface area contributed by atoms with Gasteiger partial charge in [0.15, 0.2) is 0 Å². The highest BCUT2D eigenvalue weighted by molar-refractivity contribution is 5.93. The van der Waals surface area contributed by atoms with Crippen LogP contribution in [-0.4, -0.2) is 27.1 Å². The standard InChI is InChI=1S/C21H18N2O4/c1-21(2)18(15-10-6-7-11-16(15)19(24)27-21)23-13-22-12-17(23)20(25)26-14-8-4-3-5-9-14/h3-13,18H,1-2H3/t18-/m0/s1. The highest BCUT2D eigenvalue weighted by atomic mass is 16.6. The Labute approximate surface area is 156 Å². The van der Waals surface area contributed by atoms with Gasteiger partial charge in [0, 0.05) is 0 Å². The lowest BCUT2D eigenvalue weighted by Crippen LogP contribution is -2.44. The Morgan fingerprint density at radius 2 is 1.81 bits per heavy atom. The van der Waals surface area contributed by atoms with Gasteiger partial charge in [-0.25, -0.2) is 14.6 Å². The van der Waals surface area contributed by atoms with Gasteiger partial charge in [0.2, 0.25) is 0 Å². The van der Waals surface area contributed by atoms with Gasteiger partial charge >= 0.3 is 11.9 Å². The van der Waals surface area contributed by atoms with Crippen molar-refractivity contribution in [1.82, 2.24) is 9.55 Å². The summed E-state index contributed by atoms with van der Waals surface area (Å²) >= 11 is 0. The average molecular weight is 362 g/mol. The molecule has 136 valence electrons. The summed E-state index contributed by atoms with van der Waals surface area (Å²) in [5.74, 6) is -0.450. The van der Waals surface area contributed by atoms with E-state index in [-0.39, 0.29) is 11.7 Å². The lowest BCUT2D eigenvalue weighted by Gasteiger charge is -2.40. The predicted molar refractivity (Wildman–Crippen MR) is 97.7 cm³/mol. The van der Waals surface area contributed by atoms with E-state index in [0.717, 1.165) is 5.56 Å². The van der Waals surface area contributed by atoms with Crippen LogP contribution in [0.1, 0.15) is 46.3 Å². The molecule has 0 fully saturated rings. The number of hydrogen-bond donors (Lipinski definition) is 0. The fraction of sp³-hybridized carbons (Fsp3) is 0.190. The Kier molecular flexibility index (Phi) is 4.03. The molecule has 0 aliphatic carbocycles. The van der Waals surface area contributed by atoms with Gasteiger partial charge in [0.05, 0.1) is 18.1 Å². The number of carbonyl (C=O) groups excluding carboxylic acids is 2. The maximum absolute atomic E-state index is 12.7. The average Bonchev–Trinajstić information content (AvgIpc) is 3.11. The first-order valence-electron chi connectivity index (χ1n) is 8.59. The van der Waals surface area contributed by atoms with Gasteiger partial charge in [-0.05, 0) is 37.6 Å². The highest BCUT2D eigenvalue weighted by Crippen LogP contribution is 2.40. The fourth-order valence-corrected chi connectivity index (χ4v) is 3.45. The Balaban J connectivity index is 1.76. The number of nitrogens with zero attached hydrogens (tertiary/aromatic N) is 2. The third-order valence-electron chi connectivity index (χ3n) is 4.60. The van der Waals surface area contributed by atoms with E-state index in [1.807, 2.05) is 32.0 Å². The number of rotatable bonds is 3. The number of carbonyl (C=O) groups is 2. The van der Waals surface area contributed by atoms with Crippen molar-refractivity contribution >= 4 is 11.9 Å². The van der Waals surface area contributed by atoms with Gasteiger partial charge in [-0.15, -0.1) is 0 Å². The van der Waals surface area contributed by atoms with Crippen LogP contribution in [-0.2, 0) is 4.74 Å². The van der Waals surface area contributed by atoms with Crippen molar-refractivity contribution in [2.75, 3.05) is 0 Å². The second kappa shape index (κ2) is 6.39. The normalized spacial score (nSPS) is 17.7. The fourth-order valence-electron chi connectivity index (χ4n) is 3.45. The van der Waals surface area contributed by atoms with E-state index in [0.29, 0.717) is 11.3 Å². The molecule has 2 heterocycles. The second-order valence-electron chi connectivity index (χ2n) is 6.87. The molecular weight excluding hydrogens is 344 g/mol. The summed E-state index contributed by atoms with van der Waals surface area (Å²) in [7, 11) is 0. The van der Waals surface area contributed by atoms with Crippen LogP contribution in [0.3, 0.4) is 0 Å². The molecule has 0 bridgehead atoms. The number of para-hydroxylation sites is 1. The number of esters is 2. The van der Waals surface area contributed by atoms with Gasteiger partial charge < -0.3 is 14.0 Å². The molecule has 6 heteroatoms. The number of aromatic nitrogens is 2. The SMILES string of the molecule is CC1(C)OC(=O)c2ccccc2[C@@H]1n1cncc1C(=O)Oc1ccccc1. The lowest BCUT2D eigenvalue weighted by atomic mass is 9.85. The maximum atomic E-state index is 12.7. The van der Waals surface area contributed by atoms with Crippen molar-refractivity contribution in [3.05, 3.63) is 83.9 Å². The summed E-state index contributed by atoms with van der Waals surface area (Å²) in [4.78, 5) is 29.2. The molecule has 2 aromatic carbocycles. The summed E-state index contributed by atoms with van der Waals surface area (Å²) in [5, 5.41) is 0. The largest absolute Gasteiger partial charge is 0.453 e. The zero-order chi connectivity index (χ0) is 19.0. The Bertz CT molecular complexity index is 1010. The molecule has 27 heavy (non-hydrogen) atoms. The minimum atomic E-state index is -0.867. The van der Waals surface area contributed by atoms with Gasteiger partial charge in [-0.2, -0.15) is 0 Å². The molecular formula is C21H18N2O4. The third kappa shape index (κ3) is 2.99. The van der Waals surface area contributed by atoms with E-state index in [1.165, 1.54) is 6.20 Å². The molecule has 6 nitrogen and oxygen atoms in total. The van der Waals surface area contributed by atoms with Crippen molar-refractivity contribution < 1.29 is 19.1 Å². The van der Waals surface area contributed by atoms with E-state index in [2.05, 4.69) is 4.98 Å². The van der Waals surface area contributed by atoms with Crippen LogP contribution in [0, 0.1) is 0 Å². The van der Waals surface area contributed by atoms with E-state index in [9.17, 15) is 9.59 Å². The number of imidazole rings is 1. The van der Waals surface area contributed by atoms with Crippen molar-refractivity contribution in [1.29, 1.82) is 0 Å². The molecule has 1 aliphatic rings. The highest BCUT2D eigenvalue weighted by Gasteiger charge is 2.44. The Hall–Kier alpha value is -3.41. The smallest absolute Gasteiger partial charge is 0.362 e. The molecule has 0 saturated carbocycles.